The molecule has 0 radical (unpaired) electrons. The summed E-state index contributed by atoms with van der Waals surface area (Å²) in [6, 6.07) is 3.85. The molecule has 0 saturated carbocycles. The fourth-order valence-corrected chi connectivity index (χ4v) is 3.17. The molecule has 2 N–H and O–H groups in total. The highest BCUT2D eigenvalue weighted by molar-refractivity contribution is 7.94. The summed E-state index contributed by atoms with van der Waals surface area (Å²) >= 11 is 1.28. The Bertz CT molecular complexity index is 708. The van der Waals surface area contributed by atoms with Crippen molar-refractivity contribution in [2.45, 2.75) is 6.42 Å². The lowest BCUT2D eigenvalue weighted by molar-refractivity contribution is 0.352. The summed E-state index contributed by atoms with van der Waals surface area (Å²) in [5.74, 6) is 3.00. The van der Waals surface area contributed by atoms with Crippen LogP contribution in [0.1, 0.15) is 6.42 Å². The first-order valence-corrected chi connectivity index (χ1v) is 8.69. The van der Waals surface area contributed by atoms with Crippen LogP contribution in [0, 0.1) is 5.92 Å². The van der Waals surface area contributed by atoms with Crippen LogP contribution in [0.2, 0.25) is 0 Å². The van der Waals surface area contributed by atoms with E-state index < -0.39 is 0 Å². The van der Waals surface area contributed by atoms with Crippen LogP contribution < -0.4 is 19.5 Å². The second-order valence-corrected chi connectivity index (χ2v) is 6.77. The van der Waals surface area contributed by atoms with Crippen LogP contribution in [-0.4, -0.2) is 55.2 Å². The number of ether oxygens (including phenoxy) is 2. The molecule has 2 heterocycles. The molecular weight excluding hydrogens is 326 g/mol. The predicted molar refractivity (Wildman–Crippen MR) is 97.4 cm³/mol. The van der Waals surface area contributed by atoms with Gasteiger partial charge in [0.05, 0.1) is 19.7 Å². The Balaban J connectivity index is 1.76. The first-order valence-electron chi connectivity index (χ1n) is 7.86. The molecule has 1 aliphatic heterocycles. The summed E-state index contributed by atoms with van der Waals surface area (Å²) in [4.78, 5) is 11.1. The zero-order valence-corrected chi connectivity index (χ0v) is 15.0. The van der Waals surface area contributed by atoms with Crippen molar-refractivity contribution in [2.24, 2.45) is 11.1 Å². The molecule has 7 nitrogen and oxygen atoms in total. The number of benzene rings is 1. The van der Waals surface area contributed by atoms with Crippen LogP contribution >= 0.6 is 12.1 Å². The topological polar surface area (TPSA) is 76.7 Å². The summed E-state index contributed by atoms with van der Waals surface area (Å²) in [6.45, 7) is 3.00. The van der Waals surface area contributed by atoms with Gasteiger partial charge in [0, 0.05) is 43.2 Å². The molecule has 8 heteroatoms. The van der Waals surface area contributed by atoms with E-state index in [0.29, 0.717) is 17.4 Å². The monoisotopic (exact) mass is 349 g/mol. The summed E-state index contributed by atoms with van der Waals surface area (Å²) in [7, 11) is 5.28. The molecule has 130 valence electrons. The number of hydrogen-bond acceptors (Lipinski definition) is 8. The fraction of sp³-hybridized carbons (Fsp3) is 0.500. The number of anilines is 1. The summed E-state index contributed by atoms with van der Waals surface area (Å²) in [5, 5.41) is 6.53. The summed E-state index contributed by atoms with van der Waals surface area (Å²) in [6.07, 6.45) is 2.74. The quantitative estimate of drug-likeness (QED) is 0.760. The van der Waals surface area contributed by atoms with Gasteiger partial charge in [0.1, 0.15) is 12.1 Å². The molecule has 0 spiro atoms. The van der Waals surface area contributed by atoms with Gasteiger partial charge in [-0.15, -0.1) is 0 Å². The van der Waals surface area contributed by atoms with E-state index in [-0.39, 0.29) is 0 Å². The number of methoxy groups -OCH3 is 2. The first-order chi connectivity index (χ1) is 11.7. The number of nitrogens with zero attached hydrogens (tertiary/aromatic N) is 4. The smallest absolute Gasteiger partial charge is 0.162 e. The molecular formula is C16H23N5O2S. The lowest BCUT2D eigenvalue weighted by atomic mass is 9.96. The Morgan fingerprint density at radius 2 is 1.96 bits per heavy atom. The highest BCUT2D eigenvalue weighted by Crippen LogP contribution is 2.36. The average Bonchev–Trinajstić information content (AvgIpc) is 2.58. The van der Waals surface area contributed by atoms with E-state index in [4.69, 9.17) is 14.6 Å². The van der Waals surface area contributed by atoms with Gasteiger partial charge in [-0.25, -0.2) is 14.3 Å². The predicted octanol–water partition coefficient (Wildman–Crippen LogP) is 1.93. The number of aromatic nitrogens is 2. The molecule has 1 aromatic carbocycles. The van der Waals surface area contributed by atoms with Crippen molar-refractivity contribution in [3.05, 3.63) is 18.5 Å². The minimum absolute atomic E-state index is 0.671. The Morgan fingerprint density at radius 1 is 1.25 bits per heavy atom. The van der Waals surface area contributed by atoms with Gasteiger partial charge in [-0.2, -0.15) is 0 Å². The third kappa shape index (κ3) is 3.35. The molecule has 1 aliphatic rings. The largest absolute Gasteiger partial charge is 0.493 e. The molecule has 1 aromatic heterocycles. The maximum Gasteiger partial charge on any atom is 0.162 e. The minimum Gasteiger partial charge on any atom is -0.493 e. The molecule has 1 fully saturated rings. The van der Waals surface area contributed by atoms with Gasteiger partial charge in [-0.05, 0) is 25.5 Å². The second-order valence-electron chi connectivity index (χ2n) is 5.94. The van der Waals surface area contributed by atoms with Crippen LogP contribution in [0.5, 0.6) is 11.5 Å². The van der Waals surface area contributed by atoms with E-state index in [1.807, 2.05) is 19.2 Å². The van der Waals surface area contributed by atoms with Crippen molar-refractivity contribution in [2.75, 3.05) is 45.8 Å². The standard InChI is InChI=1S/C16H23N5O2S/c1-20(24-17)5-4-11-8-21(9-11)16-12-6-14(22-2)15(23-3)7-13(12)18-10-19-16/h6-7,10-11H,4-5,8-9,17H2,1-3H3. The maximum atomic E-state index is 5.54. The molecule has 2 aromatic rings. The Morgan fingerprint density at radius 3 is 2.62 bits per heavy atom. The third-order valence-corrected chi connectivity index (χ3v) is 4.95. The Hall–Kier alpha value is -1.77. The molecule has 24 heavy (non-hydrogen) atoms. The number of fused-ring (bicyclic) bond motifs is 1. The fourth-order valence-electron chi connectivity index (χ4n) is 2.96. The van der Waals surface area contributed by atoms with E-state index in [0.717, 1.165) is 42.8 Å². The van der Waals surface area contributed by atoms with Crippen molar-refractivity contribution >= 4 is 28.9 Å². The number of nitrogens with two attached hydrogens (primary N) is 1. The van der Waals surface area contributed by atoms with Gasteiger partial charge in [0.15, 0.2) is 11.5 Å². The Kier molecular flexibility index (Phi) is 5.27. The Labute approximate surface area is 146 Å². The summed E-state index contributed by atoms with van der Waals surface area (Å²) < 4.78 is 12.8. The van der Waals surface area contributed by atoms with Gasteiger partial charge >= 0.3 is 0 Å². The normalized spacial score (nSPS) is 15.0. The SMILES string of the molecule is COc1cc2ncnc(N3CC(CCN(C)SN)C3)c2cc1OC. The van der Waals surface area contributed by atoms with E-state index in [1.165, 1.54) is 12.1 Å². The van der Waals surface area contributed by atoms with Crippen LogP contribution in [0.3, 0.4) is 0 Å². The molecule has 0 unspecified atom stereocenters. The first kappa shape index (κ1) is 17.1. The highest BCUT2D eigenvalue weighted by Gasteiger charge is 2.29. The summed E-state index contributed by atoms with van der Waals surface area (Å²) in [5.41, 5.74) is 0.861. The number of rotatable bonds is 7. The van der Waals surface area contributed by atoms with Gasteiger partial charge in [0.2, 0.25) is 0 Å². The maximum absolute atomic E-state index is 5.54. The van der Waals surface area contributed by atoms with Crippen LogP contribution in [-0.2, 0) is 0 Å². The lowest BCUT2D eigenvalue weighted by Gasteiger charge is -2.41. The second kappa shape index (κ2) is 7.42. The third-order valence-electron chi connectivity index (χ3n) is 4.41. The van der Waals surface area contributed by atoms with Gasteiger partial charge in [-0.1, -0.05) is 0 Å². The van der Waals surface area contributed by atoms with Gasteiger partial charge in [0.25, 0.3) is 0 Å². The van der Waals surface area contributed by atoms with Crippen molar-refractivity contribution in [1.29, 1.82) is 0 Å². The van der Waals surface area contributed by atoms with Crippen molar-refractivity contribution in [1.82, 2.24) is 14.3 Å². The van der Waals surface area contributed by atoms with E-state index in [1.54, 1.807) is 20.5 Å². The van der Waals surface area contributed by atoms with E-state index >= 15 is 0 Å². The molecule has 0 atom stereocenters. The molecule has 0 bridgehead atoms. The van der Waals surface area contributed by atoms with E-state index in [2.05, 4.69) is 19.2 Å². The highest BCUT2D eigenvalue weighted by atomic mass is 32.2. The zero-order valence-electron chi connectivity index (χ0n) is 14.2. The van der Waals surface area contributed by atoms with Gasteiger partial charge < -0.3 is 14.4 Å². The van der Waals surface area contributed by atoms with Crippen LogP contribution in [0.15, 0.2) is 18.5 Å². The van der Waals surface area contributed by atoms with Crippen LogP contribution in [0.25, 0.3) is 10.9 Å². The minimum atomic E-state index is 0.671. The average molecular weight is 349 g/mol. The van der Waals surface area contributed by atoms with Crippen molar-refractivity contribution in [3.8, 4) is 11.5 Å². The lowest BCUT2D eigenvalue weighted by Crippen LogP contribution is -2.48. The zero-order chi connectivity index (χ0) is 17.1. The van der Waals surface area contributed by atoms with Crippen molar-refractivity contribution in [3.63, 3.8) is 0 Å². The molecule has 0 amide bonds. The molecule has 1 saturated heterocycles. The number of hydrogen-bond donors (Lipinski definition) is 1. The van der Waals surface area contributed by atoms with Gasteiger partial charge in [-0.3, -0.25) is 5.14 Å². The molecule has 3 rings (SSSR count). The molecule has 0 aliphatic carbocycles. The van der Waals surface area contributed by atoms with Crippen molar-refractivity contribution < 1.29 is 9.47 Å². The van der Waals surface area contributed by atoms with E-state index in [9.17, 15) is 0 Å². The van der Waals surface area contributed by atoms with Crippen LogP contribution in [0.4, 0.5) is 5.82 Å².